The summed E-state index contributed by atoms with van der Waals surface area (Å²) < 4.78 is 13.9. The van der Waals surface area contributed by atoms with Crippen LogP contribution in [0.2, 0.25) is 0 Å². The van der Waals surface area contributed by atoms with Gasteiger partial charge in [0.15, 0.2) is 0 Å². The van der Waals surface area contributed by atoms with Crippen LogP contribution in [0.25, 0.3) is 10.8 Å². The number of amides is 5. The summed E-state index contributed by atoms with van der Waals surface area (Å²) in [6, 6.07) is 12.6. The summed E-state index contributed by atoms with van der Waals surface area (Å²) in [6.45, 7) is 9.94. The summed E-state index contributed by atoms with van der Waals surface area (Å²) in [6.07, 6.45) is 21.1. The molecule has 66 heavy (non-hydrogen) atoms. The molecule has 2 bridgehead atoms. The Morgan fingerprint density at radius 1 is 0.803 bits per heavy atom. The van der Waals surface area contributed by atoms with Crippen molar-refractivity contribution in [1.82, 2.24) is 31.1 Å². The molecule has 0 spiro atoms. The summed E-state index contributed by atoms with van der Waals surface area (Å²) in [4.78, 5) is 61.5. The first kappa shape index (κ1) is 47.4. The molecule has 0 unspecified atom stereocenters. The SMILES string of the molecule is CC1(C)[C@@H]2C[C@H]3OB([C@H](CCCCCNC(=O)NC4CCCCC4)NC(=O)[C@@H]4C[C@@H](N5CCCCC5)CN4C(=O)[C@@H](CC4CCCCC4)NC(=O)c4ccc5ccccc5c4)O[C@@]3(C)[C@H]1C2. The van der Waals surface area contributed by atoms with Crippen LogP contribution < -0.4 is 21.3 Å². The van der Waals surface area contributed by atoms with E-state index in [1.165, 1.54) is 32.1 Å². The predicted molar refractivity (Wildman–Crippen MR) is 260 cm³/mol. The van der Waals surface area contributed by atoms with Crippen molar-refractivity contribution in [2.45, 2.75) is 197 Å². The van der Waals surface area contributed by atoms with Gasteiger partial charge in [-0.25, -0.2) is 4.79 Å². The Morgan fingerprint density at radius 2 is 1.53 bits per heavy atom. The number of likely N-dealkylation sites (tertiary alicyclic amines) is 2. The molecule has 5 aliphatic carbocycles. The maximum atomic E-state index is 15.3. The molecule has 13 heteroatoms. The second kappa shape index (κ2) is 20.9. The van der Waals surface area contributed by atoms with E-state index in [0.29, 0.717) is 55.7 Å². The number of carbonyl (C=O) groups is 4. The van der Waals surface area contributed by atoms with Gasteiger partial charge in [-0.3, -0.25) is 19.3 Å². The lowest BCUT2D eigenvalue weighted by Crippen LogP contribution is -2.65. The molecule has 3 aliphatic heterocycles. The number of piperidine rings is 1. The Labute approximate surface area is 394 Å². The summed E-state index contributed by atoms with van der Waals surface area (Å²) in [5.41, 5.74) is 0.293. The normalized spacial score (nSPS) is 30.0. The van der Waals surface area contributed by atoms with Gasteiger partial charge in [0.2, 0.25) is 11.8 Å². The summed E-state index contributed by atoms with van der Waals surface area (Å²) in [5.74, 6) is 0.351. The van der Waals surface area contributed by atoms with Crippen molar-refractivity contribution in [2.24, 2.45) is 23.2 Å². The average molecular weight is 907 g/mol. The number of nitrogens with zero attached hydrogens (tertiary/aromatic N) is 2. The Balaban J connectivity index is 0.916. The van der Waals surface area contributed by atoms with Gasteiger partial charge >= 0.3 is 13.1 Å². The number of rotatable bonds is 16. The van der Waals surface area contributed by atoms with Crippen LogP contribution in [-0.4, -0.2) is 109 Å². The molecule has 8 aliphatic rings. The predicted octanol–water partition coefficient (Wildman–Crippen LogP) is 8.31. The van der Waals surface area contributed by atoms with Crippen molar-refractivity contribution in [3.05, 3.63) is 48.0 Å². The molecule has 5 amide bonds. The molecule has 3 heterocycles. The highest BCUT2D eigenvalue weighted by Gasteiger charge is 2.68. The topological polar surface area (TPSA) is 141 Å². The molecule has 0 radical (unpaired) electrons. The number of benzene rings is 2. The number of hydrogen-bond acceptors (Lipinski definition) is 7. The van der Waals surface area contributed by atoms with Crippen LogP contribution in [0, 0.1) is 23.2 Å². The van der Waals surface area contributed by atoms with E-state index in [0.717, 1.165) is 107 Å². The van der Waals surface area contributed by atoms with Crippen molar-refractivity contribution in [3.8, 4) is 0 Å². The van der Waals surface area contributed by atoms with Gasteiger partial charge in [-0.2, -0.15) is 0 Å². The Bertz CT molecular complexity index is 2020. The van der Waals surface area contributed by atoms with E-state index in [1.807, 2.05) is 47.4 Å². The summed E-state index contributed by atoms with van der Waals surface area (Å²) >= 11 is 0. The van der Waals surface area contributed by atoms with Gasteiger partial charge in [0.25, 0.3) is 5.91 Å². The van der Waals surface area contributed by atoms with Crippen molar-refractivity contribution >= 4 is 41.6 Å². The molecule has 8 fully saturated rings. The van der Waals surface area contributed by atoms with E-state index in [4.69, 9.17) is 9.31 Å². The third-order valence-corrected chi connectivity index (χ3v) is 17.7. The summed E-state index contributed by atoms with van der Waals surface area (Å²) in [5, 5.41) is 15.0. The second-order valence-corrected chi connectivity index (χ2v) is 22.4. The zero-order valence-electron chi connectivity index (χ0n) is 40.3. The van der Waals surface area contributed by atoms with Crippen LogP contribution in [0.3, 0.4) is 0 Å². The molecule has 5 saturated carbocycles. The first-order valence-corrected chi connectivity index (χ1v) is 26.5. The molecule has 12 nitrogen and oxygen atoms in total. The fraction of sp³-hybridized carbons (Fsp3) is 0.736. The second-order valence-electron chi connectivity index (χ2n) is 22.4. The van der Waals surface area contributed by atoms with Crippen LogP contribution in [0.1, 0.15) is 166 Å². The third kappa shape index (κ3) is 10.5. The van der Waals surface area contributed by atoms with Gasteiger partial charge in [-0.1, -0.05) is 115 Å². The molecule has 8 atom stereocenters. The maximum Gasteiger partial charge on any atom is 0.481 e. The lowest BCUT2D eigenvalue weighted by Gasteiger charge is -2.64. The molecule has 0 aromatic heterocycles. The van der Waals surface area contributed by atoms with E-state index in [9.17, 15) is 9.59 Å². The lowest BCUT2D eigenvalue weighted by atomic mass is 9.43. The molecule has 2 aromatic rings. The number of fused-ring (bicyclic) bond motifs is 1. The average Bonchev–Trinajstić information content (AvgIpc) is 3.95. The van der Waals surface area contributed by atoms with E-state index < -0.39 is 30.7 Å². The van der Waals surface area contributed by atoms with Crippen LogP contribution in [0.5, 0.6) is 0 Å². The van der Waals surface area contributed by atoms with Gasteiger partial charge in [0, 0.05) is 30.7 Å². The van der Waals surface area contributed by atoms with E-state index in [-0.39, 0.29) is 47.4 Å². The number of nitrogens with one attached hydrogen (secondary N) is 4. The minimum Gasteiger partial charge on any atom is -0.404 e. The number of hydrogen-bond donors (Lipinski definition) is 4. The standard InChI is InChI=1S/C53H79BN6O6/c1-52(2)40-32-45(52)53(3)46(33-40)65-54(66-53)47(24-12-6-15-27-55-51(64)56-41-22-10-5-11-23-41)58-49(62)44-34-42(59-28-16-7-17-29-59)35-60(44)50(63)43(30-36-18-8-4-9-19-36)57-48(61)39-26-25-37-20-13-14-21-38(37)31-39/h13-14,20-21,25-26,31,36,40-47H,4-12,15-19,22-24,27-30,32-35H2,1-3H3,(H,57,61)(H,58,62)(H2,55,56,64)/t40-,42+,43+,44-,45-,46+,47-,53-/m0/s1. The Kier molecular flexibility index (Phi) is 15.0. The third-order valence-electron chi connectivity index (χ3n) is 17.7. The highest BCUT2D eigenvalue weighted by molar-refractivity contribution is 6.48. The van der Waals surface area contributed by atoms with Crippen LogP contribution in [-0.2, 0) is 18.9 Å². The highest BCUT2D eigenvalue weighted by Crippen LogP contribution is 2.65. The molecule has 3 saturated heterocycles. The molecular formula is C53H79BN6O6. The molecule has 10 rings (SSSR count). The number of carbonyl (C=O) groups excluding carboxylic acids is 4. The van der Waals surface area contributed by atoms with Gasteiger partial charge in [-0.15, -0.1) is 0 Å². The van der Waals surface area contributed by atoms with E-state index >= 15 is 9.59 Å². The fourth-order valence-corrected chi connectivity index (χ4v) is 13.6. The lowest BCUT2D eigenvalue weighted by molar-refractivity contribution is -0.199. The van der Waals surface area contributed by atoms with Crippen molar-refractivity contribution in [3.63, 3.8) is 0 Å². The van der Waals surface area contributed by atoms with Crippen molar-refractivity contribution in [1.29, 1.82) is 0 Å². The van der Waals surface area contributed by atoms with Gasteiger partial charge in [0.05, 0.1) is 17.6 Å². The smallest absolute Gasteiger partial charge is 0.404 e. The van der Waals surface area contributed by atoms with Gasteiger partial charge in [-0.05, 0) is 130 Å². The first-order chi connectivity index (χ1) is 32.0. The van der Waals surface area contributed by atoms with Crippen LogP contribution in [0.15, 0.2) is 42.5 Å². The van der Waals surface area contributed by atoms with Crippen molar-refractivity contribution in [2.75, 3.05) is 26.2 Å². The van der Waals surface area contributed by atoms with E-state index in [2.05, 4.69) is 46.9 Å². The fourth-order valence-electron chi connectivity index (χ4n) is 13.6. The molecule has 4 N–H and O–H groups in total. The highest BCUT2D eigenvalue weighted by atomic mass is 16.7. The van der Waals surface area contributed by atoms with Gasteiger partial charge in [0.1, 0.15) is 12.1 Å². The molecular weight excluding hydrogens is 827 g/mol. The zero-order chi connectivity index (χ0) is 45.8. The minimum absolute atomic E-state index is 0.0228. The quantitative estimate of drug-likeness (QED) is 0.0982. The maximum absolute atomic E-state index is 15.3. The number of urea groups is 1. The number of unbranched alkanes of at least 4 members (excludes halogenated alkanes) is 2. The van der Waals surface area contributed by atoms with E-state index in [1.54, 1.807) is 0 Å². The van der Waals surface area contributed by atoms with Gasteiger partial charge < -0.3 is 35.5 Å². The largest absolute Gasteiger partial charge is 0.481 e. The first-order valence-electron chi connectivity index (χ1n) is 26.5. The zero-order valence-corrected chi connectivity index (χ0v) is 40.3. The Morgan fingerprint density at radius 3 is 2.29 bits per heavy atom. The van der Waals surface area contributed by atoms with Crippen LogP contribution >= 0.6 is 0 Å². The summed E-state index contributed by atoms with van der Waals surface area (Å²) in [7, 11) is -0.595. The monoisotopic (exact) mass is 907 g/mol. The minimum atomic E-state index is -0.740. The Hall–Kier alpha value is -3.68. The van der Waals surface area contributed by atoms with Crippen LogP contribution in [0.4, 0.5) is 4.79 Å². The molecule has 360 valence electrons. The molecule has 2 aromatic carbocycles. The van der Waals surface area contributed by atoms with Crippen molar-refractivity contribution < 1.29 is 28.5 Å².